The van der Waals surface area contributed by atoms with Gasteiger partial charge in [0.1, 0.15) is 12.5 Å². The zero-order valence-electron chi connectivity index (χ0n) is 13.2. The summed E-state index contributed by atoms with van der Waals surface area (Å²) in [6.07, 6.45) is 1.22. The van der Waals surface area contributed by atoms with Crippen LogP contribution in [-0.4, -0.2) is 29.9 Å². The highest BCUT2D eigenvalue weighted by Gasteiger charge is 2.26. The molecular formula is C18H15Cl2FN2O2. The van der Waals surface area contributed by atoms with E-state index in [0.29, 0.717) is 29.2 Å². The van der Waals surface area contributed by atoms with Gasteiger partial charge < -0.3 is 4.90 Å². The zero-order valence-corrected chi connectivity index (χ0v) is 14.7. The van der Waals surface area contributed by atoms with Gasteiger partial charge in [-0.1, -0.05) is 23.2 Å². The van der Waals surface area contributed by atoms with Gasteiger partial charge >= 0.3 is 0 Å². The largest absolute Gasteiger partial charge is 0.324 e. The normalized spacial score (nSPS) is 14.0. The van der Waals surface area contributed by atoms with Gasteiger partial charge in [0.05, 0.1) is 5.02 Å². The second-order valence-corrected chi connectivity index (χ2v) is 6.58. The van der Waals surface area contributed by atoms with Crippen LogP contribution in [-0.2, 0) is 4.79 Å². The minimum absolute atomic E-state index is 0.0119. The summed E-state index contributed by atoms with van der Waals surface area (Å²) in [5, 5.41) is 0.432. The molecule has 4 nitrogen and oxygen atoms in total. The molecule has 0 spiro atoms. The summed E-state index contributed by atoms with van der Waals surface area (Å²) in [7, 11) is 0. The van der Waals surface area contributed by atoms with Crippen molar-refractivity contribution in [3.05, 3.63) is 63.9 Å². The van der Waals surface area contributed by atoms with Gasteiger partial charge in [-0.05, 0) is 48.9 Å². The van der Waals surface area contributed by atoms with E-state index in [1.165, 1.54) is 23.1 Å². The number of hydrogen-bond acceptors (Lipinski definition) is 2. The van der Waals surface area contributed by atoms with E-state index in [1.807, 2.05) is 0 Å². The fraction of sp³-hybridized carbons (Fsp3) is 0.222. The molecular weight excluding hydrogens is 366 g/mol. The van der Waals surface area contributed by atoms with Crippen LogP contribution < -0.4 is 4.90 Å². The van der Waals surface area contributed by atoms with Crippen molar-refractivity contribution in [2.75, 3.05) is 18.1 Å². The Kier molecular flexibility index (Phi) is 5.25. The molecule has 2 amide bonds. The first-order valence-corrected chi connectivity index (χ1v) is 8.51. The van der Waals surface area contributed by atoms with Gasteiger partial charge in [-0.3, -0.25) is 14.5 Å². The SMILES string of the molecule is O=C1CCCN1CN(C(=O)c1ccc(Cl)cc1)c1ccc(F)c(Cl)c1. The summed E-state index contributed by atoms with van der Waals surface area (Å²) in [6, 6.07) is 10.5. The number of halogens is 3. The Balaban J connectivity index is 1.95. The van der Waals surface area contributed by atoms with Crippen LogP contribution in [0.1, 0.15) is 23.2 Å². The van der Waals surface area contributed by atoms with Crippen molar-refractivity contribution in [2.45, 2.75) is 12.8 Å². The lowest BCUT2D eigenvalue weighted by molar-refractivity contribution is -0.127. The molecule has 0 aliphatic carbocycles. The topological polar surface area (TPSA) is 40.6 Å². The lowest BCUT2D eigenvalue weighted by Gasteiger charge is -2.28. The summed E-state index contributed by atoms with van der Waals surface area (Å²) in [6.45, 7) is 0.667. The first kappa shape index (κ1) is 17.7. The van der Waals surface area contributed by atoms with Crippen LogP contribution in [0.3, 0.4) is 0 Å². The number of rotatable bonds is 4. The zero-order chi connectivity index (χ0) is 18.0. The third kappa shape index (κ3) is 3.94. The summed E-state index contributed by atoms with van der Waals surface area (Å²) >= 11 is 11.7. The second-order valence-electron chi connectivity index (χ2n) is 5.74. The van der Waals surface area contributed by atoms with Gasteiger partial charge in [-0.25, -0.2) is 4.39 Å². The number of amides is 2. The average Bonchev–Trinajstić information content (AvgIpc) is 3.00. The molecule has 130 valence electrons. The van der Waals surface area contributed by atoms with Gasteiger partial charge in [0.25, 0.3) is 5.91 Å². The van der Waals surface area contributed by atoms with E-state index in [9.17, 15) is 14.0 Å². The minimum atomic E-state index is -0.568. The summed E-state index contributed by atoms with van der Waals surface area (Å²) < 4.78 is 13.5. The molecule has 1 aliphatic heterocycles. The predicted octanol–water partition coefficient (Wildman–Crippen LogP) is 4.36. The number of benzene rings is 2. The Morgan fingerprint density at radius 3 is 2.48 bits per heavy atom. The molecule has 1 aliphatic rings. The Hall–Kier alpha value is -2.11. The molecule has 0 aromatic heterocycles. The van der Waals surface area contributed by atoms with Gasteiger partial charge in [-0.15, -0.1) is 0 Å². The maximum atomic E-state index is 13.5. The van der Waals surface area contributed by atoms with E-state index in [4.69, 9.17) is 23.2 Å². The number of anilines is 1. The first-order chi connectivity index (χ1) is 12.0. The summed E-state index contributed by atoms with van der Waals surface area (Å²) in [5.41, 5.74) is 0.836. The first-order valence-electron chi connectivity index (χ1n) is 7.76. The average molecular weight is 381 g/mol. The smallest absolute Gasteiger partial charge is 0.259 e. The highest BCUT2D eigenvalue weighted by Crippen LogP contribution is 2.25. The van der Waals surface area contributed by atoms with Gasteiger partial charge in [0, 0.05) is 29.2 Å². The molecule has 2 aromatic carbocycles. The maximum Gasteiger partial charge on any atom is 0.259 e. The van der Waals surface area contributed by atoms with Crippen molar-refractivity contribution in [3.63, 3.8) is 0 Å². The van der Waals surface area contributed by atoms with Crippen molar-refractivity contribution in [1.29, 1.82) is 0 Å². The Labute approximate surface area is 154 Å². The van der Waals surface area contributed by atoms with E-state index in [-0.39, 0.29) is 23.5 Å². The van der Waals surface area contributed by atoms with Crippen LogP contribution in [0.2, 0.25) is 10.0 Å². The van der Waals surface area contributed by atoms with Crippen molar-refractivity contribution in [2.24, 2.45) is 0 Å². The van der Waals surface area contributed by atoms with Crippen molar-refractivity contribution >= 4 is 40.7 Å². The van der Waals surface area contributed by atoms with Crippen LogP contribution in [0, 0.1) is 5.82 Å². The number of carbonyl (C=O) groups is 2. The Morgan fingerprint density at radius 2 is 1.88 bits per heavy atom. The third-order valence-electron chi connectivity index (χ3n) is 4.03. The highest BCUT2D eigenvalue weighted by atomic mass is 35.5. The van der Waals surface area contributed by atoms with Crippen molar-refractivity contribution in [3.8, 4) is 0 Å². The van der Waals surface area contributed by atoms with E-state index in [2.05, 4.69) is 0 Å². The summed E-state index contributed by atoms with van der Waals surface area (Å²) in [4.78, 5) is 27.9. The van der Waals surface area contributed by atoms with E-state index >= 15 is 0 Å². The molecule has 3 rings (SSSR count). The number of nitrogens with zero attached hydrogens (tertiary/aromatic N) is 2. The molecule has 0 saturated carbocycles. The molecule has 0 unspecified atom stereocenters. The molecule has 0 radical (unpaired) electrons. The van der Waals surface area contributed by atoms with E-state index in [0.717, 1.165) is 6.42 Å². The van der Waals surface area contributed by atoms with Gasteiger partial charge in [0.15, 0.2) is 0 Å². The number of hydrogen-bond donors (Lipinski definition) is 0. The number of likely N-dealkylation sites (tertiary alicyclic amines) is 1. The molecule has 0 bridgehead atoms. The Morgan fingerprint density at radius 1 is 1.16 bits per heavy atom. The standard InChI is InChI=1S/C18H15Cl2FN2O2/c19-13-5-3-12(4-6-13)18(25)23(11-22-9-1-2-17(22)24)14-7-8-16(21)15(20)10-14/h3-8,10H,1-2,9,11H2. The molecule has 1 fully saturated rings. The summed E-state index contributed by atoms with van der Waals surface area (Å²) in [5.74, 6) is -0.900. The van der Waals surface area contributed by atoms with Gasteiger partial charge in [-0.2, -0.15) is 0 Å². The van der Waals surface area contributed by atoms with Crippen LogP contribution in [0.4, 0.5) is 10.1 Å². The maximum absolute atomic E-state index is 13.5. The third-order valence-corrected chi connectivity index (χ3v) is 4.58. The molecule has 0 atom stereocenters. The molecule has 1 saturated heterocycles. The highest BCUT2D eigenvalue weighted by molar-refractivity contribution is 6.31. The second kappa shape index (κ2) is 7.42. The predicted molar refractivity (Wildman–Crippen MR) is 95.5 cm³/mol. The lowest BCUT2D eigenvalue weighted by Crippen LogP contribution is -2.42. The van der Waals surface area contributed by atoms with E-state index in [1.54, 1.807) is 29.2 Å². The quantitative estimate of drug-likeness (QED) is 0.790. The fourth-order valence-corrected chi connectivity index (χ4v) is 2.99. The fourth-order valence-electron chi connectivity index (χ4n) is 2.69. The van der Waals surface area contributed by atoms with Gasteiger partial charge in [0.2, 0.25) is 5.91 Å². The molecule has 7 heteroatoms. The minimum Gasteiger partial charge on any atom is -0.324 e. The molecule has 2 aromatic rings. The Bertz CT molecular complexity index is 811. The van der Waals surface area contributed by atoms with Crippen LogP contribution in [0.15, 0.2) is 42.5 Å². The van der Waals surface area contributed by atoms with Crippen molar-refractivity contribution < 1.29 is 14.0 Å². The molecule has 1 heterocycles. The number of carbonyl (C=O) groups excluding carboxylic acids is 2. The van der Waals surface area contributed by atoms with Crippen LogP contribution in [0.25, 0.3) is 0 Å². The van der Waals surface area contributed by atoms with Crippen molar-refractivity contribution in [1.82, 2.24) is 4.90 Å². The molecule has 25 heavy (non-hydrogen) atoms. The monoisotopic (exact) mass is 380 g/mol. The molecule has 0 N–H and O–H groups in total. The lowest BCUT2D eigenvalue weighted by atomic mass is 10.2. The van der Waals surface area contributed by atoms with Crippen LogP contribution >= 0.6 is 23.2 Å². The van der Waals surface area contributed by atoms with E-state index < -0.39 is 5.82 Å². The van der Waals surface area contributed by atoms with Crippen LogP contribution in [0.5, 0.6) is 0 Å².